The first-order valence-electron chi connectivity index (χ1n) is 12.4. The lowest BCUT2D eigenvalue weighted by Crippen LogP contribution is -2.51. The van der Waals surface area contributed by atoms with Crippen LogP contribution in [0.2, 0.25) is 0 Å². The van der Waals surface area contributed by atoms with E-state index in [0.717, 1.165) is 6.42 Å². The maximum atomic E-state index is 13.6. The molecule has 0 fully saturated rings. The number of halogens is 2. The van der Waals surface area contributed by atoms with Crippen molar-refractivity contribution < 1.29 is 18.7 Å². The highest BCUT2D eigenvalue weighted by molar-refractivity contribution is 9.10. The lowest BCUT2D eigenvalue weighted by Gasteiger charge is -2.31. The Morgan fingerprint density at radius 3 is 2.47 bits per heavy atom. The van der Waals surface area contributed by atoms with E-state index in [1.165, 1.54) is 23.2 Å². The zero-order chi connectivity index (χ0) is 28.3. The van der Waals surface area contributed by atoms with Gasteiger partial charge >= 0.3 is 12.1 Å². The first-order valence-corrected chi connectivity index (χ1v) is 13.2. The summed E-state index contributed by atoms with van der Waals surface area (Å²) in [7, 11) is 0. The van der Waals surface area contributed by atoms with Crippen LogP contribution in [0, 0.1) is 23.1 Å². The number of nitrogens with zero attached hydrogens (tertiary/aromatic N) is 5. The van der Waals surface area contributed by atoms with Gasteiger partial charge < -0.3 is 10.1 Å². The van der Waals surface area contributed by atoms with Gasteiger partial charge in [0.15, 0.2) is 5.82 Å². The van der Waals surface area contributed by atoms with Crippen molar-refractivity contribution in [3.63, 3.8) is 0 Å². The second-order valence-corrected chi connectivity index (χ2v) is 10.9. The van der Waals surface area contributed by atoms with Gasteiger partial charge in [-0.3, -0.25) is 9.91 Å². The summed E-state index contributed by atoms with van der Waals surface area (Å²) in [6, 6.07) is 7.15. The third kappa shape index (κ3) is 10.5. The van der Waals surface area contributed by atoms with E-state index in [-0.39, 0.29) is 11.7 Å². The fraction of sp³-hybridized carbons (Fsp3) is 0.500. The Morgan fingerprint density at radius 2 is 1.87 bits per heavy atom. The monoisotopic (exact) mass is 591 g/mol. The molecule has 2 aromatic rings. The number of hydrazine groups is 1. The fourth-order valence-corrected chi connectivity index (χ4v) is 3.78. The Kier molecular flexibility index (Phi) is 11.7. The van der Waals surface area contributed by atoms with Gasteiger partial charge in [-0.1, -0.05) is 13.8 Å². The molecule has 0 aliphatic rings. The minimum Gasteiger partial charge on any atom is -0.444 e. The summed E-state index contributed by atoms with van der Waals surface area (Å²) in [5.74, 6) is 0.0737. The summed E-state index contributed by atoms with van der Waals surface area (Å²) in [5, 5.41) is 13.5. The topological polar surface area (TPSA) is 123 Å². The van der Waals surface area contributed by atoms with E-state index in [0.29, 0.717) is 48.5 Å². The number of hydrogen-bond acceptors (Lipinski definition) is 7. The summed E-state index contributed by atoms with van der Waals surface area (Å²) >= 11 is 3.40. The third-order valence-electron chi connectivity index (χ3n) is 4.97. The van der Waals surface area contributed by atoms with Crippen molar-refractivity contribution >= 4 is 39.6 Å². The van der Waals surface area contributed by atoms with E-state index in [1.807, 2.05) is 19.9 Å². The molecule has 12 heteroatoms. The number of benzene rings is 1. The summed E-state index contributed by atoms with van der Waals surface area (Å²) in [6.45, 7) is 10.6. The molecule has 0 unspecified atom stereocenters. The van der Waals surface area contributed by atoms with E-state index < -0.39 is 23.5 Å². The average molecular weight is 593 g/mol. The highest BCUT2D eigenvalue weighted by atomic mass is 79.9. The predicted octanol–water partition coefficient (Wildman–Crippen LogP) is 5.54. The van der Waals surface area contributed by atoms with Crippen LogP contribution < -0.4 is 20.7 Å². The van der Waals surface area contributed by atoms with Gasteiger partial charge in [-0.25, -0.2) is 24.4 Å². The fourth-order valence-electron chi connectivity index (χ4n) is 3.37. The SMILES string of the molecule is CC(C)CN(NC(=O)N(CCCCCNC(=O)OC(C)(C)C)c1ccc(F)cc1)c1nc(C#N)ncc1Br. The number of anilines is 2. The normalized spacial score (nSPS) is 11.0. The highest BCUT2D eigenvalue weighted by Crippen LogP contribution is 2.24. The predicted molar refractivity (Wildman–Crippen MR) is 147 cm³/mol. The van der Waals surface area contributed by atoms with Crippen molar-refractivity contribution in [1.29, 1.82) is 5.26 Å². The van der Waals surface area contributed by atoms with Crippen molar-refractivity contribution in [2.24, 2.45) is 5.92 Å². The van der Waals surface area contributed by atoms with Crippen LogP contribution in [0.25, 0.3) is 0 Å². The molecular weight excluding hydrogens is 557 g/mol. The van der Waals surface area contributed by atoms with E-state index in [1.54, 1.807) is 37.9 Å². The van der Waals surface area contributed by atoms with Crippen molar-refractivity contribution in [2.45, 2.75) is 59.5 Å². The minimum atomic E-state index is -0.561. The molecule has 10 nitrogen and oxygen atoms in total. The molecule has 206 valence electrons. The molecule has 0 saturated carbocycles. The molecule has 0 aliphatic carbocycles. The van der Waals surface area contributed by atoms with Crippen LogP contribution in [0.4, 0.5) is 25.5 Å². The van der Waals surface area contributed by atoms with Gasteiger partial charge in [-0.05, 0) is 86.1 Å². The Morgan fingerprint density at radius 1 is 1.18 bits per heavy atom. The lowest BCUT2D eigenvalue weighted by atomic mass is 10.2. The third-order valence-corrected chi connectivity index (χ3v) is 5.53. The highest BCUT2D eigenvalue weighted by Gasteiger charge is 2.22. The Labute approximate surface area is 231 Å². The number of aromatic nitrogens is 2. The largest absolute Gasteiger partial charge is 0.444 e. The van der Waals surface area contributed by atoms with E-state index in [4.69, 9.17) is 4.74 Å². The van der Waals surface area contributed by atoms with Crippen LogP contribution in [-0.4, -0.2) is 47.3 Å². The first kappa shape index (κ1) is 30.8. The quantitative estimate of drug-likeness (QED) is 0.260. The van der Waals surface area contributed by atoms with Crippen molar-refractivity contribution in [3.05, 3.63) is 46.6 Å². The minimum absolute atomic E-state index is 0.0263. The number of unbranched alkanes of at least 4 members (excludes halogenated alkanes) is 2. The zero-order valence-electron chi connectivity index (χ0n) is 22.4. The summed E-state index contributed by atoms with van der Waals surface area (Å²) in [4.78, 5) is 35.0. The molecule has 3 amide bonds. The molecule has 0 radical (unpaired) electrons. The molecule has 0 bridgehead atoms. The van der Waals surface area contributed by atoms with Crippen molar-refractivity contribution in [3.8, 4) is 6.07 Å². The molecule has 0 aliphatic heterocycles. The number of amides is 3. The number of ether oxygens (including phenoxy) is 1. The molecule has 1 heterocycles. The Balaban J connectivity index is 2.10. The zero-order valence-corrected chi connectivity index (χ0v) is 24.0. The number of nitriles is 1. The van der Waals surface area contributed by atoms with E-state index in [9.17, 15) is 19.2 Å². The molecule has 0 spiro atoms. The van der Waals surface area contributed by atoms with Gasteiger partial charge in [0.1, 0.15) is 17.5 Å². The van der Waals surface area contributed by atoms with Crippen molar-refractivity contribution in [1.82, 2.24) is 20.7 Å². The number of nitrogens with one attached hydrogen (secondary N) is 2. The molecule has 2 N–H and O–H groups in total. The van der Waals surface area contributed by atoms with Crippen LogP contribution in [0.15, 0.2) is 34.9 Å². The van der Waals surface area contributed by atoms with Crippen molar-refractivity contribution in [2.75, 3.05) is 29.5 Å². The number of carbonyl (C=O) groups excluding carboxylic acids is 2. The van der Waals surface area contributed by atoms with Crippen LogP contribution >= 0.6 is 15.9 Å². The summed E-state index contributed by atoms with van der Waals surface area (Å²) in [6.07, 6.45) is 3.07. The summed E-state index contributed by atoms with van der Waals surface area (Å²) < 4.78 is 19.3. The van der Waals surface area contributed by atoms with Crippen LogP contribution in [0.3, 0.4) is 0 Å². The number of urea groups is 1. The molecule has 1 aromatic carbocycles. The number of alkyl carbamates (subject to hydrolysis) is 1. The van der Waals surface area contributed by atoms with Crippen LogP contribution in [0.5, 0.6) is 0 Å². The average Bonchev–Trinajstić information content (AvgIpc) is 2.83. The molecular formula is C26H35BrFN7O3. The first-order chi connectivity index (χ1) is 17.9. The van der Waals surface area contributed by atoms with E-state index in [2.05, 4.69) is 36.6 Å². The Bertz CT molecular complexity index is 1120. The maximum absolute atomic E-state index is 13.6. The van der Waals surface area contributed by atoms with Gasteiger partial charge in [0.05, 0.1) is 4.47 Å². The van der Waals surface area contributed by atoms with Gasteiger partial charge in [0.25, 0.3) is 0 Å². The van der Waals surface area contributed by atoms with Gasteiger partial charge in [-0.15, -0.1) is 0 Å². The second-order valence-electron chi connectivity index (χ2n) is 10.0. The number of carbonyl (C=O) groups is 2. The molecule has 0 atom stereocenters. The molecule has 1 aromatic heterocycles. The second kappa shape index (κ2) is 14.5. The molecule has 38 heavy (non-hydrogen) atoms. The van der Waals surface area contributed by atoms with E-state index >= 15 is 0 Å². The lowest BCUT2D eigenvalue weighted by molar-refractivity contribution is 0.0527. The Hall–Kier alpha value is -3.46. The summed E-state index contributed by atoms with van der Waals surface area (Å²) in [5.41, 5.74) is 2.85. The smallest absolute Gasteiger partial charge is 0.407 e. The molecule has 2 rings (SSSR count). The van der Waals surface area contributed by atoms with Gasteiger partial charge in [-0.2, -0.15) is 10.2 Å². The number of hydrogen-bond donors (Lipinski definition) is 2. The van der Waals surface area contributed by atoms with Crippen LogP contribution in [-0.2, 0) is 4.74 Å². The van der Waals surface area contributed by atoms with Gasteiger partial charge in [0, 0.05) is 31.5 Å². The van der Waals surface area contributed by atoms with Gasteiger partial charge in [0.2, 0.25) is 5.82 Å². The van der Waals surface area contributed by atoms with Crippen LogP contribution in [0.1, 0.15) is 59.7 Å². The molecule has 0 saturated heterocycles. The standard InChI is InChI=1S/C26H35BrFN7O3/c1-18(2)17-35(23-21(27)16-31-22(15-29)32-23)33-24(36)34(20-11-9-19(28)10-12-20)14-8-6-7-13-30-25(37)38-26(3,4)5/h9-12,16,18H,6-8,13-14,17H2,1-5H3,(H,30,37)(H,33,36). The number of rotatable bonds is 11. The maximum Gasteiger partial charge on any atom is 0.407 e.